The second-order valence-electron chi connectivity index (χ2n) is 6.36. The zero-order valence-corrected chi connectivity index (χ0v) is 17.4. The number of thioether (sulfide) groups is 1. The molecule has 3 rings (SSSR count). The van der Waals surface area contributed by atoms with Crippen molar-refractivity contribution in [1.82, 2.24) is 9.78 Å². The van der Waals surface area contributed by atoms with Gasteiger partial charge in [-0.25, -0.2) is 4.68 Å². The summed E-state index contributed by atoms with van der Waals surface area (Å²) in [7, 11) is 0. The molecule has 1 N–H and O–H groups in total. The van der Waals surface area contributed by atoms with Crippen molar-refractivity contribution in [3.05, 3.63) is 71.0 Å². The van der Waals surface area contributed by atoms with E-state index in [4.69, 9.17) is 4.74 Å². The molecule has 2 aromatic carbocycles. The average molecular weight is 410 g/mol. The predicted molar refractivity (Wildman–Crippen MR) is 117 cm³/mol. The fraction of sp³-hybridized carbons (Fsp3) is 0.227. The topological polar surface area (TPSA) is 73.2 Å². The molecule has 7 heteroatoms. The maximum atomic E-state index is 12.7. The summed E-state index contributed by atoms with van der Waals surface area (Å²) in [6.07, 6.45) is 1.97. The van der Waals surface area contributed by atoms with Crippen molar-refractivity contribution in [3.8, 4) is 17.0 Å². The minimum Gasteiger partial charge on any atom is -0.494 e. The van der Waals surface area contributed by atoms with Gasteiger partial charge in [-0.15, -0.1) is 11.8 Å². The normalized spacial score (nSPS) is 11.7. The summed E-state index contributed by atoms with van der Waals surface area (Å²) >= 11 is 1.59. The van der Waals surface area contributed by atoms with Crippen LogP contribution in [0.4, 0.5) is 5.69 Å². The van der Waals surface area contributed by atoms with Crippen LogP contribution in [-0.2, 0) is 4.79 Å². The lowest BCUT2D eigenvalue weighted by atomic mass is 10.1. The first-order valence-corrected chi connectivity index (χ1v) is 10.5. The van der Waals surface area contributed by atoms with Gasteiger partial charge in [0.15, 0.2) is 0 Å². The highest BCUT2D eigenvalue weighted by molar-refractivity contribution is 7.98. The number of carbonyl (C=O) groups is 1. The quantitative estimate of drug-likeness (QED) is 0.591. The largest absolute Gasteiger partial charge is 0.494 e. The molecule has 1 amide bonds. The standard InChI is InChI=1S/C22H23N3O3S/c1-4-28-18-10-8-16(9-11-18)20-12-13-21(26)25(24-20)15(2)22(27)23-17-6-5-7-19(14-17)29-3/h5-15H,4H2,1-3H3,(H,23,27). The molecule has 0 aliphatic heterocycles. The number of ether oxygens (including phenoxy) is 1. The summed E-state index contributed by atoms with van der Waals surface area (Å²) in [5, 5.41) is 7.27. The van der Waals surface area contributed by atoms with Crippen LogP contribution < -0.4 is 15.6 Å². The first-order chi connectivity index (χ1) is 14.0. The van der Waals surface area contributed by atoms with Crippen molar-refractivity contribution in [2.75, 3.05) is 18.2 Å². The molecular formula is C22H23N3O3S. The number of hydrogen-bond acceptors (Lipinski definition) is 5. The number of rotatable bonds is 7. The first kappa shape index (κ1) is 20.7. The van der Waals surface area contributed by atoms with Crippen molar-refractivity contribution in [3.63, 3.8) is 0 Å². The molecule has 0 saturated heterocycles. The van der Waals surface area contributed by atoms with E-state index in [0.29, 0.717) is 18.0 Å². The molecule has 0 bridgehead atoms. The van der Waals surface area contributed by atoms with Gasteiger partial charge >= 0.3 is 0 Å². The maximum absolute atomic E-state index is 12.7. The molecule has 6 nitrogen and oxygen atoms in total. The lowest BCUT2D eigenvalue weighted by Gasteiger charge is -2.15. The Balaban J connectivity index is 1.82. The molecule has 0 fully saturated rings. The van der Waals surface area contributed by atoms with E-state index in [1.54, 1.807) is 24.8 Å². The Kier molecular flexibility index (Phi) is 6.72. The van der Waals surface area contributed by atoms with Crippen LogP contribution in [-0.4, -0.2) is 28.6 Å². The third-order valence-corrected chi connectivity index (χ3v) is 5.10. The summed E-state index contributed by atoms with van der Waals surface area (Å²) in [4.78, 5) is 26.1. The van der Waals surface area contributed by atoms with Crippen molar-refractivity contribution >= 4 is 23.4 Å². The molecule has 1 aromatic heterocycles. The number of carbonyl (C=O) groups excluding carboxylic acids is 1. The summed E-state index contributed by atoms with van der Waals surface area (Å²) in [6.45, 7) is 4.17. The van der Waals surface area contributed by atoms with E-state index >= 15 is 0 Å². The Morgan fingerprint density at radius 3 is 2.62 bits per heavy atom. The van der Waals surface area contributed by atoms with E-state index in [1.807, 2.05) is 61.7 Å². The van der Waals surface area contributed by atoms with Gasteiger partial charge in [0.2, 0.25) is 5.91 Å². The van der Waals surface area contributed by atoms with Gasteiger partial charge in [-0.05, 0) is 68.6 Å². The van der Waals surface area contributed by atoms with Crippen molar-refractivity contribution in [1.29, 1.82) is 0 Å². The molecule has 0 radical (unpaired) electrons. The Hall–Kier alpha value is -3.06. The number of nitrogens with one attached hydrogen (secondary N) is 1. The number of hydrogen-bond donors (Lipinski definition) is 1. The second-order valence-corrected chi connectivity index (χ2v) is 7.24. The summed E-state index contributed by atoms with van der Waals surface area (Å²) < 4.78 is 6.66. The zero-order valence-electron chi connectivity index (χ0n) is 16.6. The van der Waals surface area contributed by atoms with Crippen LogP contribution in [0, 0.1) is 0 Å². The number of nitrogens with zero attached hydrogens (tertiary/aromatic N) is 2. The third-order valence-electron chi connectivity index (χ3n) is 4.37. The minimum absolute atomic E-state index is 0.304. The van der Waals surface area contributed by atoms with E-state index < -0.39 is 6.04 Å². The van der Waals surface area contributed by atoms with Crippen LogP contribution in [0.25, 0.3) is 11.3 Å². The Labute approximate surface area is 173 Å². The first-order valence-electron chi connectivity index (χ1n) is 9.30. The highest BCUT2D eigenvalue weighted by Gasteiger charge is 2.18. The van der Waals surface area contributed by atoms with Gasteiger partial charge in [-0.2, -0.15) is 5.10 Å². The molecular weight excluding hydrogens is 386 g/mol. The van der Waals surface area contributed by atoms with E-state index in [-0.39, 0.29) is 11.5 Å². The van der Waals surface area contributed by atoms with Gasteiger partial charge < -0.3 is 10.1 Å². The second kappa shape index (κ2) is 9.43. The van der Waals surface area contributed by atoms with Crippen molar-refractivity contribution in [2.45, 2.75) is 24.8 Å². The monoisotopic (exact) mass is 409 g/mol. The molecule has 1 unspecified atom stereocenters. The van der Waals surface area contributed by atoms with Crippen LogP contribution in [0.1, 0.15) is 19.9 Å². The molecule has 0 aliphatic rings. The van der Waals surface area contributed by atoms with Gasteiger partial charge in [0.05, 0.1) is 12.3 Å². The summed E-state index contributed by atoms with van der Waals surface area (Å²) in [5.74, 6) is 0.464. The molecule has 0 saturated carbocycles. The molecule has 29 heavy (non-hydrogen) atoms. The predicted octanol–water partition coefficient (Wildman–Crippen LogP) is 4.23. The van der Waals surface area contributed by atoms with Crippen molar-refractivity contribution < 1.29 is 9.53 Å². The molecule has 1 heterocycles. The summed E-state index contributed by atoms with van der Waals surface area (Å²) in [5.41, 5.74) is 1.80. The highest BCUT2D eigenvalue weighted by atomic mass is 32.2. The highest BCUT2D eigenvalue weighted by Crippen LogP contribution is 2.22. The fourth-order valence-corrected chi connectivity index (χ4v) is 3.26. The van der Waals surface area contributed by atoms with E-state index in [2.05, 4.69) is 10.4 Å². The summed E-state index contributed by atoms with van der Waals surface area (Å²) in [6, 6.07) is 17.3. The number of aromatic nitrogens is 2. The smallest absolute Gasteiger partial charge is 0.267 e. The fourth-order valence-electron chi connectivity index (χ4n) is 2.80. The van der Waals surface area contributed by atoms with Crippen LogP contribution in [0.3, 0.4) is 0 Å². The Morgan fingerprint density at radius 1 is 1.17 bits per heavy atom. The Bertz CT molecular complexity index is 1050. The number of anilines is 1. The van der Waals surface area contributed by atoms with Gasteiger partial charge in [0.1, 0.15) is 11.8 Å². The van der Waals surface area contributed by atoms with Gasteiger partial charge in [0, 0.05) is 22.2 Å². The minimum atomic E-state index is -0.761. The van der Waals surface area contributed by atoms with Gasteiger partial charge in [-0.3, -0.25) is 9.59 Å². The van der Waals surface area contributed by atoms with Crippen LogP contribution in [0.2, 0.25) is 0 Å². The van der Waals surface area contributed by atoms with Gasteiger partial charge in [-0.1, -0.05) is 6.07 Å². The lowest BCUT2D eigenvalue weighted by Crippen LogP contribution is -2.33. The number of amides is 1. The molecule has 1 atom stereocenters. The SMILES string of the molecule is CCOc1ccc(-c2ccc(=O)n(C(C)C(=O)Nc3cccc(SC)c3)n2)cc1. The molecule has 0 aliphatic carbocycles. The zero-order chi connectivity index (χ0) is 20.8. The van der Waals surface area contributed by atoms with Crippen LogP contribution in [0.15, 0.2) is 70.4 Å². The van der Waals surface area contributed by atoms with Crippen LogP contribution >= 0.6 is 11.8 Å². The van der Waals surface area contributed by atoms with Gasteiger partial charge in [0.25, 0.3) is 5.56 Å². The maximum Gasteiger partial charge on any atom is 0.267 e. The van der Waals surface area contributed by atoms with E-state index in [0.717, 1.165) is 16.2 Å². The third kappa shape index (κ3) is 5.06. The lowest BCUT2D eigenvalue weighted by molar-refractivity contribution is -0.119. The Morgan fingerprint density at radius 2 is 1.93 bits per heavy atom. The van der Waals surface area contributed by atoms with E-state index in [9.17, 15) is 9.59 Å². The van der Waals surface area contributed by atoms with Crippen molar-refractivity contribution in [2.24, 2.45) is 0 Å². The van der Waals surface area contributed by atoms with E-state index in [1.165, 1.54) is 10.7 Å². The van der Waals surface area contributed by atoms with Crippen LogP contribution in [0.5, 0.6) is 5.75 Å². The average Bonchev–Trinajstić information content (AvgIpc) is 2.74. The molecule has 3 aromatic rings. The molecule has 150 valence electrons. The number of benzene rings is 2. The molecule has 0 spiro atoms.